The van der Waals surface area contributed by atoms with Crippen LogP contribution in [-0.2, 0) is 6.18 Å². The van der Waals surface area contributed by atoms with Gasteiger partial charge in [0.05, 0.1) is 11.7 Å². The van der Waals surface area contributed by atoms with E-state index in [1.165, 1.54) is 12.1 Å². The molecule has 2 saturated heterocycles. The van der Waals surface area contributed by atoms with Gasteiger partial charge in [0.1, 0.15) is 17.2 Å². The summed E-state index contributed by atoms with van der Waals surface area (Å²) in [6.07, 6.45) is 2.03. The molecular formula is C23H25F3N6O. The summed E-state index contributed by atoms with van der Waals surface area (Å²) in [5.74, 6) is 0.445. The van der Waals surface area contributed by atoms with Gasteiger partial charge in [-0.3, -0.25) is 4.79 Å². The van der Waals surface area contributed by atoms with Gasteiger partial charge in [-0.1, -0.05) is 6.07 Å². The van der Waals surface area contributed by atoms with Gasteiger partial charge in [0.25, 0.3) is 5.91 Å². The number of likely N-dealkylation sites (tertiary alicyclic amines) is 1. The van der Waals surface area contributed by atoms with E-state index in [0.717, 1.165) is 56.2 Å². The van der Waals surface area contributed by atoms with Crippen LogP contribution in [0.2, 0.25) is 0 Å². The van der Waals surface area contributed by atoms with Gasteiger partial charge in [-0.25, -0.2) is 14.5 Å². The number of carbonyl (C=O) groups is 1. The number of aryl methyl sites for hydroxylation is 1. The SMILES string of the molecule is Cc1cn2nc(C3CCCCN3C(=O)c3cccc(C(F)(F)F)n3)cc2nc1N1CCCC1. The minimum absolute atomic E-state index is 0.203. The molecule has 2 aliphatic heterocycles. The molecule has 174 valence electrons. The molecule has 1 atom stereocenters. The first-order valence-electron chi connectivity index (χ1n) is 11.3. The highest BCUT2D eigenvalue weighted by atomic mass is 19.4. The summed E-state index contributed by atoms with van der Waals surface area (Å²) in [5.41, 5.74) is 1.16. The van der Waals surface area contributed by atoms with Crippen molar-refractivity contribution in [2.24, 2.45) is 0 Å². The number of alkyl halides is 3. The van der Waals surface area contributed by atoms with Crippen molar-refractivity contribution in [2.45, 2.75) is 51.2 Å². The highest BCUT2D eigenvalue weighted by Crippen LogP contribution is 2.33. The van der Waals surface area contributed by atoms with Crippen molar-refractivity contribution in [1.82, 2.24) is 24.5 Å². The molecule has 3 aromatic heterocycles. The Labute approximate surface area is 189 Å². The standard InChI is InChI=1S/C23H25F3N6O/c1-15-14-32-20(28-21(15)30-10-4-5-11-30)13-17(29-32)18-8-2-3-12-31(18)22(33)16-7-6-9-19(27-16)23(24,25)26/h6-7,9,13-14,18H,2-5,8,10-12H2,1H3. The van der Waals surface area contributed by atoms with E-state index in [9.17, 15) is 18.0 Å². The van der Waals surface area contributed by atoms with E-state index in [1.54, 1.807) is 9.42 Å². The molecular weight excluding hydrogens is 433 g/mol. The highest BCUT2D eigenvalue weighted by molar-refractivity contribution is 5.92. The summed E-state index contributed by atoms with van der Waals surface area (Å²) in [7, 11) is 0. The van der Waals surface area contributed by atoms with E-state index in [-0.39, 0.29) is 11.7 Å². The largest absolute Gasteiger partial charge is 0.433 e. The third-order valence-electron chi connectivity index (χ3n) is 6.39. The Bertz CT molecular complexity index is 1180. The lowest BCUT2D eigenvalue weighted by Crippen LogP contribution is -2.39. The van der Waals surface area contributed by atoms with Crippen molar-refractivity contribution in [3.8, 4) is 0 Å². The van der Waals surface area contributed by atoms with E-state index in [0.29, 0.717) is 24.3 Å². The average molecular weight is 458 g/mol. The maximum atomic E-state index is 13.2. The molecule has 0 bridgehead atoms. The number of hydrogen-bond acceptors (Lipinski definition) is 5. The van der Waals surface area contributed by atoms with Gasteiger partial charge < -0.3 is 9.80 Å². The molecule has 7 nitrogen and oxygen atoms in total. The Balaban J connectivity index is 1.46. The third kappa shape index (κ3) is 4.14. The molecule has 0 aliphatic carbocycles. The van der Waals surface area contributed by atoms with Crippen LogP contribution in [0.15, 0.2) is 30.5 Å². The minimum Gasteiger partial charge on any atom is -0.356 e. The maximum Gasteiger partial charge on any atom is 0.433 e. The summed E-state index contributed by atoms with van der Waals surface area (Å²) in [5, 5.41) is 4.69. The van der Waals surface area contributed by atoms with Gasteiger partial charge in [0.2, 0.25) is 0 Å². The number of anilines is 1. The fraction of sp³-hybridized carbons (Fsp3) is 0.478. The van der Waals surface area contributed by atoms with Crippen molar-refractivity contribution in [3.05, 3.63) is 53.1 Å². The van der Waals surface area contributed by atoms with Gasteiger partial charge in [0.15, 0.2) is 5.65 Å². The van der Waals surface area contributed by atoms with Gasteiger partial charge in [0, 0.05) is 37.5 Å². The first kappa shape index (κ1) is 21.7. The van der Waals surface area contributed by atoms with E-state index >= 15 is 0 Å². The molecule has 2 fully saturated rings. The second kappa shape index (κ2) is 8.31. The average Bonchev–Trinajstić information content (AvgIpc) is 3.47. The Morgan fingerprint density at radius 2 is 1.82 bits per heavy atom. The van der Waals surface area contributed by atoms with E-state index in [1.807, 2.05) is 19.2 Å². The number of rotatable bonds is 3. The van der Waals surface area contributed by atoms with Gasteiger partial charge >= 0.3 is 6.18 Å². The first-order chi connectivity index (χ1) is 15.8. The molecule has 3 aromatic rings. The molecule has 10 heteroatoms. The van der Waals surface area contributed by atoms with Crippen molar-refractivity contribution < 1.29 is 18.0 Å². The lowest BCUT2D eigenvalue weighted by molar-refractivity contribution is -0.141. The topological polar surface area (TPSA) is 66.6 Å². The van der Waals surface area contributed by atoms with Gasteiger partial charge in [-0.2, -0.15) is 18.3 Å². The van der Waals surface area contributed by atoms with Crippen LogP contribution in [0.1, 0.15) is 65.6 Å². The van der Waals surface area contributed by atoms with Crippen molar-refractivity contribution in [3.63, 3.8) is 0 Å². The molecule has 0 saturated carbocycles. The summed E-state index contributed by atoms with van der Waals surface area (Å²) >= 11 is 0. The second-order valence-corrected chi connectivity index (χ2v) is 8.73. The fourth-order valence-electron chi connectivity index (χ4n) is 4.77. The molecule has 0 radical (unpaired) electrons. The molecule has 5 rings (SSSR count). The number of fused-ring (bicyclic) bond motifs is 1. The summed E-state index contributed by atoms with van der Waals surface area (Å²) in [6.45, 7) is 4.43. The predicted octanol–water partition coefficient (Wildman–Crippen LogP) is 4.42. The van der Waals surface area contributed by atoms with E-state index < -0.39 is 17.8 Å². The fourth-order valence-corrected chi connectivity index (χ4v) is 4.77. The number of piperidine rings is 1. The highest BCUT2D eigenvalue weighted by Gasteiger charge is 2.35. The van der Waals surface area contributed by atoms with Crippen LogP contribution in [0.4, 0.5) is 19.0 Å². The molecule has 0 spiro atoms. The van der Waals surface area contributed by atoms with Crippen LogP contribution in [-0.4, -0.2) is 50.0 Å². The number of nitrogens with zero attached hydrogens (tertiary/aromatic N) is 6. The van der Waals surface area contributed by atoms with Gasteiger partial charge in [-0.15, -0.1) is 0 Å². The number of aromatic nitrogens is 4. The monoisotopic (exact) mass is 458 g/mol. The minimum atomic E-state index is -4.60. The Hall–Kier alpha value is -3.17. The number of halogens is 3. The number of hydrogen-bond donors (Lipinski definition) is 0. The summed E-state index contributed by atoms with van der Waals surface area (Å²) in [6, 6.07) is 4.98. The lowest BCUT2D eigenvalue weighted by atomic mass is 9.99. The van der Waals surface area contributed by atoms with Crippen LogP contribution in [0.25, 0.3) is 5.65 Å². The molecule has 2 aliphatic rings. The van der Waals surface area contributed by atoms with Gasteiger partial charge in [-0.05, 0) is 51.2 Å². The molecule has 5 heterocycles. The molecule has 1 amide bonds. The zero-order valence-corrected chi connectivity index (χ0v) is 18.3. The zero-order valence-electron chi connectivity index (χ0n) is 18.3. The van der Waals surface area contributed by atoms with Crippen LogP contribution in [0, 0.1) is 6.92 Å². The van der Waals surface area contributed by atoms with E-state index in [4.69, 9.17) is 4.98 Å². The molecule has 0 aromatic carbocycles. The Morgan fingerprint density at radius 3 is 2.58 bits per heavy atom. The molecule has 0 N–H and O–H groups in total. The Kier molecular flexibility index (Phi) is 5.46. The van der Waals surface area contributed by atoms with Crippen LogP contribution < -0.4 is 4.90 Å². The van der Waals surface area contributed by atoms with Crippen molar-refractivity contribution in [2.75, 3.05) is 24.5 Å². The number of carbonyl (C=O) groups excluding carboxylic acids is 1. The molecule has 33 heavy (non-hydrogen) atoms. The maximum absolute atomic E-state index is 13.2. The number of pyridine rings is 1. The lowest BCUT2D eigenvalue weighted by Gasteiger charge is -2.34. The van der Waals surface area contributed by atoms with Crippen LogP contribution >= 0.6 is 0 Å². The summed E-state index contributed by atoms with van der Waals surface area (Å²) in [4.78, 5) is 25.5. The summed E-state index contributed by atoms with van der Waals surface area (Å²) < 4.78 is 41.0. The van der Waals surface area contributed by atoms with Crippen LogP contribution in [0.3, 0.4) is 0 Å². The quantitative estimate of drug-likeness (QED) is 0.581. The van der Waals surface area contributed by atoms with Crippen molar-refractivity contribution >= 4 is 17.4 Å². The smallest absolute Gasteiger partial charge is 0.356 e. The first-order valence-corrected chi connectivity index (χ1v) is 11.3. The normalized spacial score (nSPS) is 19.5. The number of amides is 1. The predicted molar refractivity (Wildman–Crippen MR) is 116 cm³/mol. The third-order valence-corrected chi connectivity index (χ3v) is 6.39. The Morgan fingerprint density at radius 1 is 1.06 bits per heavy atom. The van der Waals surface area contributed by atoms with Crippen LogP contribution in [0.5, 0.6) is 0 Å². The second-order valence-electron chi connectivity index (χ2n) is 8.73. The zero-order chi connectivity index (χ0) is 23.2. The molecule has 1 unspecified atom stereocenters. The van der Waals surface area contributed by atoms with E-state index in [2.05, 4.69) is 15.0 Å². The van der Waals surface area contributed by atoms with Crippen molar-refractivity contribution in [1.29, 1.82) is 0 Å².